The number of halogens is 1. The van der Waals surface area contributed by atoms with Crippen LogP contribution < -0.4 is 4.74 Å². The molecule has 1 aromatic carbocycles. The van der Waals surface area contributed by atoms with E-state index in [1.807, 2.05) is 24.3 Å². The second-order valence-corrected chi connectivity index (χ2v) is 5.78. The van der Waals surface area contributed by atoms with Gasteiger partial charge in [0.05, 0.1) is 30.3 Å². The number of nitrogens with zero attached hydrogens (tertiary/aromatic N) is 3. The number of hydrogen-bond donors (Lipinski definition) is 0. The molecule has 0 radical (unpaired) electrons. The van der Waals surface area contributed by atoms with Gasteiger partial charge in [-0.15, -0.1) is 0 Å². The molecule has 0 spiro atoms. The Balaban J connectivity index is 1.59. The Labute approximate surface area is 136 Å². The first-order valence-corrected chi connectivity index (χ1v) is 7.53. The van der Waals surface area contributed by atoms with Gasteiger partial charge in [-0.2, -0.15) is 5.26 Å². The predicted molar refractivity (Wildman–Crippen MR) is 83.4 cm³/mol. The van der Waals surface area contributed by atoms with Crippen molar-refractivity contribution in [1.29, 1.82) is 5.26 Å². The molecule has 110 valence electrons. The summed E-state index contributed by atoms with van der Waals surface area (Å²) in [5.74, 6) is 0.392. The van der Waals surface area contributed by atoms with Crippen molar-refractivity contribution in [2.24, 2.45) is 0 Å². The van der Waals surface area contributed by atoms with Crippen molar-refractivity contribution in [3.05, 3.63) is 58.2 Å². The van der Waals surface area contributed by atoms with Gasteiger partial charge in [-0.05, 0) is 34.1 Å². The maximum atomic E-state index is 12.3. The average Bonchev–Trinajstić information content (AvgIpc) is 2.50. The first-order chi connectivity index (χ1) is 10.7. The van der Waals surface area contributed by atoms with Crippen LogP contribution in [0.1, 0.15) is 15.9 Å². The third kappa shape index (κ3) is 2.95. The molecule has 0 unspecified atom stereocenters. The molecule has 0 bridgehead atoms. The van der Waals surface area contributed by atoms with E-state index in [-0.39, 0.29) is 12.0 Å². The molecule has 0 saturated carbocycles. The molecule has 1 amide bonds. The summed E-state index contributed by atoms with van der Waals surface area (Å²) in [6, 6.07) is 12.6. The molecular formula is C16H12BrN3O2. The summed E-state index contributed by atoms with van der Waals surface area (Å²) in [5.41, 5.74) is 1.15. The maximum absolute atomic E-state index is 12.3. The number of carbonyl (C=O) groups is 1. The lowest BCUT2D eigenvalue weighted by atomic mass is 10.1. The number of carbonyl (C=O) groups excluding carboxylic acids is 1. The van der Waals surface area contributed by atoms with Crippen molar-refractivity contribution in [1.82, 2.24) is 9.88 Å². The van der Waals surface area contributed by atoms with Crippen LogP contribution in [0.5, 0.6) is 5.88 Å². The first-order valence-electron chi connectivity index (χ1n) is 6.74. The highest BCUT2D eigenvalue weighted by Gasteiger charge is 2.33. The van der Waals surface area contributed by atoms with Crippen molar-refractivity contribution in [2.45, 2.75) is 6.10 Å². The van der Waals surface area contributed by atoms with Crippen LogP contribution in [0.25, 0.3) is 0 Å². The van der Waals surface area contributed by atoms with Crippen molar-refractivity contribution < 1.29 is 9.53 Å². The molecule has 2 aromatic rings. The minimum Gasteiger partial charge on any atom is -0.471 e. The minimum atomic E-state index is -0.0899. The summed E-state index contributed by atoms with van der Waals surface area (Å²) in [6.07, 6.45) is 1.45. The lowest BCUT2D eigenvalue weighted by Crippen LogP contribution is -2.56. The Morgan fingerprint density at radius 2 is 2.14 bits per heavy atom. The maximum Gasteiger partial charge on any atom is 0.255 e. The van der Waals surface area contributed by atoms with Gasteiger partial charge in [0.2, 0.25) is 5.88 Å². The summed E-state index contributed by atoms with van der Waals surface area (Å²) in [6.45, 7) is 1.03. The van der Waals surface area contributed by atoms with Crippen LogP contribution in [0, 0.1) is 11.3 Å². The van der Waals surface area contributed by atoms with Crippen molar-refractivity contribution >= 4 is 21.8 Å². The minimum absolute atomic E-state index is 0.0222. The Hall–Kier alpha value is -2.39. The van der Waals surface area contributed by atoms with Crippen molar-refractivity contribution in [3.63, 3.8) is 0 Å². The van der Waals surface area contributed by atoms with Gasteiger partial charge in [0.15, 0.2) is 0 Å². The fourth-order valence-corrected chi connectivity index (χ4v) is 2.65. The predicted octanol–water partition coefficient (Wildman–Crippen LogP) is 2.62. The van der Waals surface area contributed by atoms with Crippen LogP contribution in [0.2, 0.25) is 0 Å². The standard InChI is InChI=1S/C16H12BrN3O2/c17-14-4-2-1-3-13(14)16(21)20-9-12(10-20)22-15-7-11(8-18)5-6-19-15/h1-7,12H,9-10H2. The number of hydrogen-bond acceptors (Lipinski definition) is 4. The molecular weight excluding hydrogens is 346 g/mol. The van der Waals surface area contributed by atoms with Crippen LogP contribution >= 0.6 is 15.9 Å². The van der Waals surface area contributed by atoms with Gasteiger partial charge in [-0.3, -0.25) is 4.79 Å². The third-order valence-corrected chi connectivity index (χ3v) is 4.08. The number of ether oxygens (including phenoxy) is 1. The summed E-state index contributed by atoms with van der Waals surface area (Å²) in [5, 5.41) is 8.84. The summed E-state index contributed by atoms with van der Waals surface area (Å²) in [4.78, 5) is 18.1. The Bertz CT molecular complexity index is 751. The van der Waals surface area contributed by atoms with Gasteiger partial charge in [0, 0.05) is 16.7 Å². The van der Waals surface area contributed by atoms with Crippen LogP contribution in [-0.4, -0.2) is 35.0 Å². The van der Waals surface area contributed by atoms with Gasteiger partial charge in [0.25, 0.3) is 5.91 Å². The molecule has 0 aliphatic carbocycles. The Kier molecular flexibility index (Phi) is 4.07. The highest BCUT2D eigenvalue weighted by atomic mass is 79.9. The number of amides is 1. The molecule has 1 aliphatic rings. The molecule has 1 fully saturated rings. The molecule has 1 aromatic heterocycles. The zero-order valence-electron chi connectivity index (χ0n) is 11.6. The largest absolute Gasteiger partial charge is 0.471 e. The molecule has 2 heterocycles. The third-order valence-electron chi connectivity index (χ3n) is 3.39. The number of pyridine rings is 1. The molecule has 1 aliphatic heterocycles. The van der Waals surface area contributed by atoms with E-state index in [4.69, 9.17) is 10.00 Å². The van der Waals surface area contributed by atoms with Crippen LogP contribution in [-0.2, 0) is 0 Å². The zero-order chi connectivity index (χ0) is 15.5. The molecule has 6 heteroatoms. The molecule has 3 rings (SSSR count). The number of likely N-dealkylation sites (tertiary alicyclic amines) is 1. The number of nitriles is 1. The number of rotatable bonds is 3. The van der Waals surface area contributed by atoms with E-state index in [9.17, 15) is 4.79 Å². The lowest BCUT2D eigenvalue weighted by molar-refractivity contribution is 0.0159. The van der Waals surface area contributed by atoms with Crippen molar-refractivity contribution in [3.8, 4) is 11.9 Å². The quantitative estimate of drug-likeness (QED) is 0.846. The lowest BCUT2D eigenvalue weighted by Gasteiger charge is -2.38. The van der Waals surface area contributed by atoms with Gasteiger partial charge in [-0.25, -0.2) is 4.98 Å². The number of benzene rings is 1. The van der Waals surface area contributed by atoms with Gasteiger partial charge in [-0.1, -0.05) is 12.1 Å². The zero-order valence-corrected chi connectivity index (χ0v) is 13.2. The highest BCUT2D eigenvalue weighted by Crippen LogP contribution is 2.22. The van der Waals surface area contributed by atoms with E-state index in [2.05, 4.69) is 20.9 Å². The molecule has 0 N–H and O–H groups in total. The first kappa shape index (κ1) is 14.5. The SMILES string of the molecule is N#Cc1ccnc(OC2CN(C(=O)c3ccccc3Br)C2)c1. The molecule has 5 nitrogen and oxygen atoms in total. The fraction of sp³-hybridized carbons (Fsp3) is 0.188. The smallest absolute Gasteiger partial charge is 0.255 e. The Morgan fingerprint density at radius 1 is 1.36 bits per heavy atom. The van der Waals surface area contributed by atoms with E-state index in [0.717, 1.165) is 4.47 Å². The van der Waals surface area contributed by atoms with E-state index in [0.29, 0.717) is 30.1 Å². The number of aromatic nitrogens is 1. The van der Waals surface area contributed by atoms with E-state index in [1.54, 1.807) is 23.1 Å². The normalized spacial score (nSPS) is 14.1. The average molecular weight is 358 g/mol. The van der Waals surface area contributed by atoms with Crippen molar-refractivity contribution in [2.75, 3.05) is 13.1 Å². The van der Waals surface area contributed by atoms with E-state index >= 15 is 0 Å². The van der Waals surface area contributed by atoms with Gasteiger partial charge in [0.1, 0.15) is 6.10 Å². The second kappa shape index (κ2) is 6.16. The summed E-state index contributed by atoms with van der Waals surface area (Å²) < 4.78 is 6.46. The van der Waals surface area contributed by atoms with Crippen LogP contribution in [0.3, 0.4) is 0 Å². The van der Waals surface area contributed by atoms with E-state index in [1.165, 1.54) is 6.20 Å². The van der Waals surface area contributed by atoms with Crippen LogP contribution in [0.4, 0.5) is 0 Å². The monoisotopic (exact) mass is 357 g/mol. The van der Waals surface area contributed by atoms with Gasteiger partial charge >= 0.3 is 0 Å². The molecule has 0 atom stereocenters. The van der Waals surface area contributed by atoms with E-state index < -0.39 is 0 Å². The topological polar surface area (TPSA) is 66.2 Å². The highest BCUT2D eigenvalue weighted by molar-refractivity contribution is 9.10. The summed E-state index contributed by atoms with van der Waals surface area (Å²) >= 11 is 3.38. The molecule has 1 saturated heterocycles. The molecule has 22 heavy (non-hydrogen) atoms. The van der Waals surface area contributed by atoms with Gasteiger partial charge < -0.3 is 9.64 Å². The van der Waals surface area contributed by atoms with Crippen LogP contribution in [0.15, 0.2) is 47.1 Å². The Morgan fingerprint density at radius 3 is 2.86 bits per heavy atom. The second-order valence-electron chi connectivity index (χ2n) is 4.92. The summed E-state index contributed by atoms with van der Waals surface area (Å²) in [7, 11) is 0. The fourth-order valence-electron chi connectivity index (χ4n) is 2.20.